The van der Waals surface area contributed by atoms with Gasteiger partial charge < -0.3 is 10.2 Å². The molecule has 2 aromatic carbocycles. The molecule has 0 radical (unpaired) electrons. The number of urea groups is 1. The summed E-state index contributed by atoms with van der Waals surface area (Å²) in [6.45, 7) is 7.20. The summed E-state index contributed by atoms with van der Waals surface area (Å²) < 4.78 is -0.236. The highest BCUT2D eigenvalue weighted by molar-refractivity contribution is 8.02. The topological polar surface area (TPSA) is 52.7 Å². The Labute approximate surface area is 163 Å². The van der Waals surface area contributed by atoms with Gasteiger partial charge in [0.05, 0.1) is 5.69 Å². The molecule has 1 N–H and O–H groups in total. The molecule has 0 saturated carbocycles. The number of carbonyl (C=O) groups excluding carboxylic acids is 2. The smallest absolute Gasteiger partial charge is 0.309 e. The molecule has 140 valence electrons. The zero-order chi connectivity index (χ0) is 19.2. The molecule has 2 aromatic rings. The Balaban J connectivity index is 1.80. The predicted octanol–water partition coefficient (Wildman–Crippen LogP) is 4.27. The van der Waals surface area contributed by atoms with E-state index in [4.69, 9.17) is 0 Å². The lowest BCUT2D eigenvalue weighted by molar-refractivity contribution is -0.123. The Bertz CT molecular complexity index is 899. The molecule has 0 bridgehead atoms. The van der Waals surface area contributed by atoms with Crippen LogP contribution in [0.2, 0.25) is 0 Å². The van der Waals surface area contributed by atoms with Crippen molar-refractivity contribution in [1.29, 1.82) is 0 Å². The number of likely N-dealkylation sites (N-methyl/N-ethyl adjacent to an activating group) is 1. The Morgan fingerprint density at radius 3 is 2.48 bits per heavy atom. The van der Waals surface area contributed by atoms with Crippen LogP contribution in [0.1, 0.15) is 26.3 Å². The first-order valence-corrected chi connectivity index (χ1v) is 9.96. The second-order valence-electron chi connectivity index (χ2n) is 7.45. The number of rotatable bonds is 2. The van der Waals surface area contributed by atoms with Gasteiger partial charge >= 0.3 is 6.03 Å². The van der Waals surface area contributed by atoms with Crippen LogP contribution in [0.15, 0.2) is 54.6 Å². The fraction of sp³-hybridized carbons (Fsp3) is 0.333. The lowest BCUT2D eigenvalue weighted by Crippen LogP contribution is -2.51. The van der Waals surface area contributed by atoms with E-state index in [9.17, 15) is 9.59 Å². The Morgan fingerprint density at radius 1 is 1.11 bits per heavy atom. The molecule has 2 heterocycles. The molecule has 1 saturated heterocycles. The van der Waals surface area contributed by atoms with Crippen molar-refractivity contribution in [2.24, 2.45) is 0 Å². The molecule has 1 spiro atoms. The van der Waals surface area contributed by atoms with E-state index < -0.39 is 4.87 Å². The van der Waals surface area contributed by atoms with Crippen molar-refractivity contribution >= 4 is 35.1 Å². The third-order valence-electron chi connectivity index (χ3n) is 5.02. The molecule has 2 aliphatic rings. The van der Waals surface area contributed by atoms with Gasteiger partial charge in [-0.3, -0.25) is 9.69 Å². The number of nitrogens with one attached hydrogen (secondary N) is 1. The van der Waals surface area contributed by atoms with Gasteiger partial charge in [-0.05, 0) is 39.0 Å². The van der Waals surface area contributed by atoms with Crippen LogP contribution < -0.4 is 10.2 Å². The standard InChI is InChI=1S/C21H23N3O2S/c1-4-23-17-13-9-8-12-16(17)21(18(23)25)24(14-20(2,3)27-21)19(26)22-15-10-6-5-7-11-15/h5-13H,4,14H2,1-3H3,(H,22,26). The molecular formula is C21H23N3O2S. The number of anilines is 2. The number of thioether (sulfide) groups is 1. The quantitative estimate of drug-likeness (QED) is 0.845. The first-order valence-electron chi connectivity index (χ1n) is 9.14. The second-order valence-corrected chi connectivity index (χ2v) is 9.35. The average molecular weight is 382 g/mol. The third kappa shape index (κ3) is 2.70. The number of hydrogen-bond acceptors (Lipinski definition) is 3. The van der Waals surface area contributed by atoms with Gasteiger partial charge in [-0.2, -0.15) is 0 Å². The SMILES string of the molecule is CCN1C(=O)C2(SC(C)(C)CN2C(=O)Nc2ccccc2)c2ccccc21. The summed E-state index contributed by atoms with van der Waals surface area (Å²) in [4.78, 5) is 29.3. The van der Waals surface area contributed by atoms with Gasteiger partial charge in [0.15, 0.2) is 4.87 Å². The monoisotopic (exact) mass is 381 g/mol. The molecule has 1 unspecified atom stereocenters. The minimum atomic E-state index is -1.02. The minimum absolute atomic E-state index is 0.0370. The van der Waals surface area contributed by atoms with Crippen LogP contribution in [-0.4, -0.2) is 34.7 Å². The summed E-state index contributed by atoms with van der Waals surface area (Å²) in [5.41, 5.74) is 2.52. The Morgan fingerprint density at radius 2 is 1.78 bits per heavy atom. The molecule has 6 heteroatoms. The fourth-order valence-corrected chi connectivity index (χ4v) is 5.71. The number of fused-ring (bicyclic) bond motifs is 2. The van der Waals surface area contributed by atoms with E-state index in [0.717, 1.165) is 16.9 Å². The van der Waals surface area contributed by atoms with E-state index in [1.165, 1.54) is 0 Å². The van der Waals surface area contributed by atoms with E-state index in [0.29, 0.717) is 13.1 Å². The van der Waals surface area contributed by atoms with Crippen LogP contribution >= 0.6 is 11.8 Å². The van der Waals surface area contributed by atoms with Crippen molar-refractivity contribution in [2.75, 3.05) is 23.3 Å². The summed E-state index contributed by atoms with van der Waals surface area (Å²) in [5, 5.41) is 2.96. The van der Waals surface area contributed by atoms with Crippen LogP contribution in [0, 0.1) is 0 Å². The van der Waals surface area contributed by atoms with E-state index in [1.54, 1.807) is 21.6 Å². The van der Waals surface area contributed by atoms with Gasteiger partial charge in [-0.1, -0.05) is 36.4 Å². The normalized spacial score (nSPS) is 23.0. The third-order valence-corrected chi connectivity index (χ3v) is 6.62. The van der Waals surface area contributed by atoms with Crippen molar-refractivity contribution in [3.8, 4) is 0 Å². The number of carbonyl (C=O) groups is 2. The van der Waals surface area contributed by atoms with E-state index in [2.05, 4.69) is 19.2 Å². The van der Waals surface area contributed by atoms with Crippen molar-refractivity contribution < 1.29 is 9.59 Å². The molecule has 1 atom stereocenters. The van der Waals surface area contributed by atoms with Crippen LogP contribution in [-0.2, 0) is 9.67 Å². The van der Waals surface area contributed by atoms with Gasteiger partial charge in [-0.25, -0.2) is 4.79 Å². The maximum atomic E-state index is 13.6. The highest BCUT2D eigenvalue weighted by atomic mass is 32.2. The Hall–Kier alpha value is -2.47. The summed E-state index contributed by atoms with van der Waals surface area (Å²) in [7, 11) is 0. The lowest BCUT2D eigenvalue weighted by atomic mass is 10.1. The molecular weight excluding hydrogens is 358 g/mol. The number of hydrogen-bond donors (Lipinski definition) is 1. The van der Waals surface area contributed by atoms with Crippen LogP contribution in [0.5, 0.6) is 0 Å². The highest BCUT2D eigenvalue weighted by Gasteiger charge is 2.63. The van der Waals surface area contributed by atoms with Crippen molar-refractivity contribution in [1.82, 2.24) is 4.90 Å². The molecule has 27 heavy (non-hydrogen) atoms. The zero-order valence-electron chi connectivity index (χ0n) is 15.7. The maximum absolute atomic E-state index is 13.6. The summed E-state index contributed by atoms with van der Waals surface area (Å²) in [6.07, 6.45) is 0. The molecule has 2 aliphatic heterocycles. The fourth-order valence-electron chi connectivity index (χ4n) is 3.98. The van der Waals surface area contributed by atoms with E-state index >= 15 is 0 Å². The molecule has 0 aromatic heterocycles. The molecule has 3 amide bonds. The largest absolute Gasteiger partial charge is 0.323 e. The summed E-state index contributed by atoms with van der Waals surface area (Å²) in [5.74, 6) is -0.0370. The number of amides is 3. The molecule has 5 nitrogen and oxygen atoms in total. The van der Waals surface area contributed by atoms with Gasteiger partial charge in [0, 0.05) is 29.1 Å². The summed E-state index contributed by atoms with van der Waals surface area (Å²) >= 11 is 1.57. The van der Waals surface area contributed by atoms with Crippen molar-refractivity contribution in [3.05, 3.63) is 60.2 Å². The molecule has 0 aliphatic carbocycles. The lowest BCUT2D eigenvalue weighted by Gasteiger charge is -2.33. The second kappa shape index (κ2) is 6.30. The predicted molar refractivity (Wildman–Crippen MR) is 110 cm³/mol. The Kier molecular flexibility index (Phi) is 4.18. The average Bonchev–Trinajstić information content (AvgIpc) is 3.08. The number of para-hydroxylation sites is 2. The summed E-state index contributed by atoms with van der Waals surface area (Å²) in [6, 6.07) is 16.9. The van der Waals surface area contributed by atoms with Crippen LogP contribution in [0.25, 0.3) is 0 Å². The number of benzene rings is 2. The van der Waals surface area contributed by atoms with Gasteiger partial charge in [0.25, 0.3) is 5.91 Å². The van der Waals surface area contributed by atoms with Crippen LogP contribution in [0.4, 0.5) is 16.2 Å². The van der Waals surface area contributed by atoms with Crippen LogP contribution in [0.3, 0.4) is 0 Å². The highest BCUT2D eigenvalue weighted by Crippen LogP contribution is 2.59. The zero-order valence-corrected chi connectivity index (χ0v) is 16.5. The minimum Gasteiger partial charge on any atom is -0.309 e. The molecule has 4 rings (SSSR count). The van der Waals surface area contributed by atoms with Crippen molar-refractivity contribution in [2.45, 2.75) is 30.4 Å². The van der Waals surface area contributed by atoms with Gasteiger partial charge in [0.1, 0.15) is 0 Å². The molecule has 1 fully saturated rings. The first-order chi connectivity index (χ1) is 12.9. The van der Waals surface area contributed by atoms with Gasteiger partial charge in [-0.15, -0.1) is 11.8 Å². The van der Waals surface area contributed by atoms with Gasteiger partial charge in [0.2, 0.25) is 0 Å². The maximum Gasteiger partial charge on any atom is 0.323 e. The van der Waals surface area contributed by atoms with E-state index in [1.807, 2.05) is 61.5 Å². The number of nitrogens with zero attached hydrogens (tertiary/aromatic N) is 2. The van der Waals surface area contributed by atoms with E-state index in [-0.39, 0.29) is 16.7 Å². The first kappa shape index (κ1) is 17.9. The van der Waals surface area contributed by atoms with Crippen molar-refractivity contribution in [3.63, 3.8) is 0 Å².